The van der Waals surface area contributed by atoms with Gasteiger partial charge in [-0.1, -0.05) is 18.2 Å². The van der Waals surface area contributed by atoms with Crippen molar-refractivity contribution in [1.29, 1.82) is 0 Å². The number of carbonyl (C=O) groups is 3. The standard InChI is InChI=1S/C20H22N2O6/c1-19(2,3)22-16(24)13-14(17(22)25)20(9-23,18(26)27)21-15(13)12-8-10-6-4-5-7-11(10)28-12/h4-8,13-15,21,23H,9H2,1-3H3,(H,26,27). The van der Waals surface area contributed by atoms with E-state index in [4.69, 9.17) is 4.42 Å². The van der Waals surface area contributed by atoms with E-state index in [-0.39, 0.29) is 0 Å². The first-order valence-electron chi connectivity index (χ1n) is 9.10. The van der Waals surface area contributed by atoms with Gasteiger partial charge in [0, 0.05) is 10.9 Å². The van der Waals surface area contributed by atoms with Crippen LogP contribution in [0.1, 0.15) is 32.6 Å². The van der Waals surface area contributed by atoms with Crippen molar-refractivity contribution in [3.8, 4) is 0 Å². The molecule has 2 fully saturated rings. The van der Waals surface area contributed by atoms with Gasteiger partial charge < -0.3 is 14.6 Å². The molecular weight excluding hydrogens is 364 g/mol. The van der Waals surface area contributed by atoms with E-state index in [0.717, 1.165) is 10.3 Å². The zero-order chi connectivity index (χ0) is 20.4. The van der Waals surface area contributed by atoms with Crippen molar-refractivity contribution in [1.82, 2.24) is 10.2 Å². The van der Waals surface area contributed by atoms with Crippen molar-refractivity contribution >= 4 is 28.8 Å². The molecule has 3 N–H and O–H groups in total. The van der Waals surface area contributed by atoms with Gasteiger partial charge in [-0.15, -0.1) is 0 Å². The summed E-state index contributed by atoms with van der Waals surface area (Å²) in [6.45, 7) is 4.33. The van der Waals surface area contributed by atoms with Crippen LogP contribution in [-0.2, 0) is 14.4 Å². The van der Waals surface area contributed by atoms with Crippen LogP contribution in [0.2, 0.25) is 0 Å². The molecule has 2 aliphatic rings. The third-order valence-electron chi connectivity index (χ3n) is 5.71. The second-order valence-corrected chi connectivity index (χ2v) is 8.43. The van der Waals surface area contributed by atoms with Crippen LogP contribution >= 0.6 is 0 Å². The molecule has 0 spiro atoms. The predicted octanol–water partition coefficient (Wildman–Crippen LogP) is 1.29. The molecule has 4 rings (SSSR count). The Labute approximate surface area is 161 Å². The number of aliphatic carboxylic acids is 1. The Hall–Kier alpha value is -2.71. The minimum absolute atomic E-state index is 0.365. The Bertz CT molecular complexity index is 957. The minimum Gasteiger partial charge on any atom is -0.480 e. The lowest BCUT2D eigenvalue weighted by Gasteiger charge is -2.34. The Balaban J connectivity index is 1.88. The number of aliphatic hydroxyl groups is 1. The number of benzene rings is 1. The van der Waals surface area contributed by atoms with Crippen LogP contribution in [0, 0.1) is 11.8 Å². The van der Waals surface area contributed by atoms with Gasteiger partial charge in [0.2, 0.25) is 11.8 Å². The van der Waals surface area contributed by atoms with Crippen LogP contribution in [0.5, 0.6) is 0 Å². The van der Waals surface area contributed by atoms with E-state index in [1.807, 2.05) is 12.1 Å². The maximum Gasteiger partial charge on any atom is 0.327 e. The van der Waals surface area contributed by atoms with Crippen molar-refractivity contribution in [2.45, 2.75) is 37.9 Å². The molecule has 3 heterocycles. The Morgan fingerprint density at radius 1 is 1.25 bits per heavy atom. The first kappa shape index (κ1) is 18.6. The summed E-state index contributed by atoms with van der Waals surface area (Å²) in [5, 5.41) is 23.5. The van der Waals surface area contributed by atoms with Crippen molar-refractivity contribution in [2.75, 3.05) is 6.61 Å². The highest BCUT2D eigenvalue weighted by Crippen LogP contribution is 2.50. The average molecular weight is 386 g/mol. The molecule has 2 saturated heterocycles. The molecule has 2 aromatic rings. The van der Waals surface area contributed by atoms with Crippen LogP contribution in [0.4, 0.5) is 0 Å². The highest BCUT2D eigenvalue weighted by molar-refractivity contribution is 6.10. The highest BCUT2D eigenvalue weighted by atomic mass is 16.4. The van der Waals surface area contributed by atoms with Crippen LogP contribution in [0.3, 0.4) is 0 Å². The Kier molecular flexibility index (Phi) is 3.92. The van der Waals surface area contributed by atoms with E-state index in [1.165, 1.54) is 0 Å². The predicted molar refractivity (Wildman–Crippen MR) is 98.1 cm³/mol. The zero-order valence-electron chi connectivity index (χ0n) is 15.8. The van der Waals surface area contributed by atoms with Crippen molar-refractivity contribution in [3.63, 3.8) is 0 Å². The lowest BCUT2D eigenvalue weighted by atomic mass is 9.80. The number of fused-ring (bicyclic) bond motifs is 2. The number of hydrogen-bond donors (Lipinski definition) is 3. The quantitative estimate of drug-likeness (QED) is 0.680. The second kappa shape index (κ2) is 5.89. The summed E-state index contributed by atoms with van der Waals surface area (Å²) in [4.78, 5) is 39.6. The number of carbonyl (C=O) groups excluding carboxylic acids is 2. The van der Waals surface area contributed by atoms with Crippen LogP contribution < -0.4 is 5.32 Å². The fourth-order valence-electron chi connectivity index (χ4n) is 4.47. The molecular formula is C20H22N2O6. The summed E-state index contributed by atoms with van der Waals surface area (Å²) >= 11 is 0. The number of carboxylic acid groups (broad SMARTS) is 1. The third-order valence-corrected chi connectivity index (χ3v) is 5.71. The van der Waals surface area contributed by atoms with Gasteiger partial charge in [0.1, 0.15) is 11.3 Å². The largest absolute Gasteiger partial charge is 0.480 e. The summed E-state index contributed by atoms with van der Waals surface area (Å²) in [5.74, 6) is -4.26. The number of nitrogens with one attached hydrogen (secondary N) is 1. The summed E-state index contributed by atoms with van der Waals surface area (Å²) < 4.78 is 5.86. The molecule has 0 radical (unpaired) electrons. The van der Waals surface area contributed by atoms with E-state index in [0.29, 0.717) is 11.3 Å². The number of hydrogen-bond acceptors (Lipinski definition) is 6. The topological polar surface area (TPSA) is 120 Å². The number of aliphatic hydroxyl groups excluding tert-OH is 1. The normalized spacial score (nSPS) is 30.3. The third kappa shape index (κ3) is 2.34. The van der Waals surface area contributed by atoms with E-state index in [9.17, 15) is 24.6 Å². The molecule has 28 heavy (non-hydrogen) atoms. The molecule has 4 unspecified atom stereocenters. The summed E-state index contributed by atoms with van der Waals surface area (Å²) in [6.07, 6.45) is 0. The van der Waals surface area contributed by atoms with Crippen LogP contribution in [-0.4, -0.2) is 50.6 Å². The van der Waals surface area contributed by atoms with Crippen molar-refractivity contribution < 1.29 is 29.0 Å². The number of carboxylic acids is 1. The van der Waals surface area contributed by atoms with Crippen LogP contribution in [0.15, 0.2) is 34.7 Å². The molecule has 8 nitrogen and oxygen atoms in total. The number of nitrogens with zero attached hydrogens (tertiary/aromatic N) is 1. The van der Waals surface area contributed by atoms with Gasteiger partial charge in [0.05, 0.1) is 24.5 Å². The number of amides is 2. The second-order valence-electron chi connectivity index (χ2n) is 8.43. The molecule has 2 aliphatic heterocycles. The lowest BCUT2D eigenvalue weighted by Crippen LogP contribution is -2.59. The van der Waals surface area contributed by atoms with Crippen molar-refractivity contribution in [2.24, 2.45) is 11.8 Å². The first-order chi connectivity index (χ1) is 13.1. The summed E-state index contributed by atoms with van der Waals surface area (Å²) in [7, 11) is 0. The van der Waals surface area contributed by atoms with Gasteiger partial charge in [-0.05, 0) is 32.9 Å². The van der Waals surface area contributed by atoms with Crippen molar-refractivity contribution in [3.05, 3.63) is 36.1 Å². The van der Waals surface area contributed by atoms with Gasteiger partial charge in [-0.25, -0.2) is 0 Å². The maximum atomic E-state index is 13.2. The van der Waals surface area contributed by atoms with Gasteiger partial charge in [0.15, 0.2) is 5.54 Å². The van der Waals surface area contributed by atoms with Gasteiger partial charge >= 0.3 is 5.97 Å². The minimum atomic E-state index is -1.96. The van der Waals surface area contributed by atoms with E-state index < -0.39 is 53.3 Å². The molecule has 1 aromatic carbocycles. The lowest BCUT2D eigenvalue weighted by molar-refractivity contribution is -0.155. The Morgan fingerprint density at radius 3 is 2.50 bits per heavy atom. The maximum absolute atomic E-state index is 13.2. The van der Waals surface area contributed by atoms with Gasteiger partial charge in [0.25, 0.3) is 0 Å². The molecule has 0 aliphatic carbocycles. The highest BCUT2D eigenvalue weighted by Gasteiger charge is 2.70. The van der Waals surface area contributed by atoms with Gasteiger partial charge in [-0.2, -0.15) is 0 Å². The molecule has 0 bridgehead atoms. The molecule has 8 heteroatoms. The van der Waals surface area contributed by atoms with Crippen LogP contribution in [0.25, 0.3) is 11.0 Å². The zero-order valence-corrected chi connectivity index (χ0v) is 15.8. The number of likely N-dealkylation sites (tertiary alicyclic amines) is 1. The molecule has 2 amide bonds. The fraction of sp³-hybridized carbons (Fsp3) is 0.450. The Morgan fingerprint density at radius 2 is 1.93 bits per heavy atom. The summed E-state index contributed by atoms with van der Waals surface area (Å²) in [6, 6.07) is 8.15. The molecule has 1 aromatic heterocycles. The fourth-order valence-corrected chi connectivity index (χ4v) is 4.47. The summed E-state index contributed by atoms with van der Waals surface area (Å²) in [5.41, 5.74) is -2.17. The monoisotopic (exact) mass is 386 g/mol. The smallest absolute Gasteiger partial charge is 0.327 e. The van der Waals surface area contributed by atoms with E-state index in [1.54, 1.807) is 39.0 Å². The number of rotatable bonds is 3. The van der Waals surface area contributed by atoms with E-state index >= 15 is 0 Å². The molecule has 0 saturated carbocycles. The average Bonchev–Trinajstić information content (AvgIpc) is 3.26. The number of furan rings is 1. The number of para-hydroxylation sites is 1. The molecule has 148 valence electrons. The number of imide groups is 1. The molecule has 4 atom stereocenters. The SMILES string of the molecule is CC(C)(C)N1C(=O)C2C(c3cc4ccccc4o3)NC(CO)(C(=O)O)C2C1=O. The first-order valence-corrected chi connectivity index (χ1v) is 9.10. The van der Waals surface area contributed by atoms with E-state index in [2.05, 4.69) is 5.32 Å². The van der Waals surface area contributed by atoms with Gasteiger partial charge in [-0.3, -0.25) is 24.6 Å².